The number of allylic oxidation sites excluding steroid dienone is 20. The Hall–Kier alpha value is -3.70. The first-order valence-electron chi connectivity index (χ1n) is 42.1. The van der Waals surface area contributed by atoms with E-state index < -0.39 is 6.10 Å². The Bertz CT molecular complexity index is 1860. The van der Waals surface area contributed by atoms with Crippen molar-refractivity contribution in [3.8, 4) is 0 Å². The molecular formula is C91H160O5. The van der Waals surface area contributed by atoms with Gasteiger partial charge < -0.3 is 14.6 Å². The van der Waals surface area contributed by atoms with Gasteiger partial charge in [0, 0.05) is 12.8 Å². The molecule has 0 radical (unpaired) electrons. The van der Waals surface area contributed by atoms with Crippen molar-refractivity contribution in [3.63, 3.8) is 0 Å². The summed E-state index contributed by atoms with van der Waals surface area (Å²) < 4.78 is 10.8. The van der Waals surface area contributed by atoms with Crippen molar-refractivity contribution in [2.45, 2.75) is 431 Å². The molecule has 0 amide bonds. The van der Waals surface area contributed by atoms with Crippen molar-refractivity contribution < 1.29 is 24.2 Å². The molecule has 0 saturated heterocycles. The first-order valence-corrected chi connectivity index (χ1v) is 42.1. The van der Waals surface area contributed by atoms with E-state index in [1.807, 2.05) is 0 Å². The SMILES string of the molecule is CC/C=C\C/C=C\C/C=C\C/C=C\C/C=C\C/C=C\C/C=C\C/C=C\CCCCCCCCCCCCCCCCCCC(=O)OC(CO)COC(=O)CCCCCCCCCCCCCCCCCCCCCCCCCCCCCCC/C=C\C/C=C\CCCCCCC. The van der Waals surface area contributed by atoms with Crippen LogP contribution in [-0.2, 0) is 19.1 Å². The van der Waals surface area contributed by atoms with Crippen molar-refractivity contribution in [2.24, 2.45) is 0 Å². The Balaban J connectivity index is 3.42. The topological polar surface area (TPSA) is 72.8 Å². The molecule has 0 spiro atoms. The van der Waals surface area contributed by atoms with Gasteiger partial charge in [0.05, 0.1) is 6.61 Å². The predicted octanol–water partition coefficient (Wildman–Crippen LogP) is 30.0. The molecule has 0 aromatic rings. The molecule has 96 heavy (non-hydrogen) atoms. The highest BCUT2D eigenvalue weighted by atomic mass is 16.6. The molecule has 0 aromatic carbocycles. The lowest BCUT2D eigenvalue weighted by atomic mass is 10.0. The minimum atomic E-state index is -0.777. The van der Waals surface area contributed by atoms with Crippen molar-refractivity contribution in [3.05, 3.63) is 122 Å². The molecule has 0 rings (SSSR count). The average Bonchev–Trinajstić information content (AvgIpc) is 3.79. The lowest BCUT2D eigenvalue weighted by Gasteiger charge is -2.15. The second-order valence-corrected chi connectivity index (χ2v) is 28.2. The molecule has 0 aliphatic carbocycles. The third-order valence-electron chi connectivity index (χ3n) is 18.7. The van der Waals surface area contributed by atoms with Crippen LogP contribution >= 0.6 is 0 Å². The molecule has 0 aliphatic heterocycles. The summed E-state index contributed by atoms with van der Waals surface area (Å²) in [5, 5.41) is 9.74. The van der Waals surface area contributed by atoms with E-state index in [9.17, 15) is 14.7 Å². The lowest BCUT2D eigenvalue weighted by Crippen LogP contribution is -2.28. The van der Waals surface area contributed by atoms with Crippen molar-refractivity contribution in [2.75, 3.05) is 13.2 Å². The number of hydrogen-bond acceptors (Lipinski definition) is 5. The number of aliphatic hydroxyl groups is 1. The van der Waals surface area contributed by atoms with Crippen LogP contribution in [-0.4, -0.2) is 36.4 Å². The highest BCUT2D eigenvalue weighted by Gasteiger charge is 2.16. The van der Waals surface area contributed by atoms with Crippen molar-refractivity contribution in [1.82, 2.24) is 0 Å². The molecule has 5 nitrogen and oxygen atoms in total. The number of esters is 2. The van der Waals surface area contributed by atoms with Gasteiger partial charge in [-0.1, -0.05) is 424 Å². The molecule has 1 N–H and O–H groups in total. The van der Waals surface area contributed by atoms with E-state index in [4.69, 9.17) is 9.47 Å². The van der Waals surface area contributed by atoms with Crippen LogP contribution in [0.5, 0.6) is 0 Å². The van der Waals surface area contributed by atoms with Crippen LogP contribution in [0.2, 0.25) is 0 Å². The number of hydrogen-bond donors (Lipinski definition) is 1. The fourth-order valence-corrected chi connectivity index (χ4v) is 12.5. The molecule has 1 unspecified atom stereocenters. The van der Waals surface area contributed by atoms with Crippen LogP contribution in [0, 0.1) is 0 Å². The highest BCUT2D eigenvalue weighted by molar-refractivity contribution is 5.70. The second kappa shape index (κ2) is 85.5. The third kappa shape index (κ3) is 82.7. The Morgan fingerprint density at radius 2 is 0.448 bits per heavy atom. The van der Waals surface area contributed by atoms with Crippen molar-refractivity contribution in [1.29, 1.82) is 0 Å². The largest absolute Gasteiger partial charge is 0.462 e. The molecule has 5 heteroatoms. The van der Waals surface area contributed by atoms with Crippen LogP contribution in [0.15, 0.2) is 122 Å². The van der Waals surface area contributed by atoms with Gasteiger partial charge in [-0.2, -0.15) is 0 Å². The van der Waals surface area contributed by atoms with Crippen LogP contribution in [0.4, 0.5) is 0 Å². The summed E-state index contributed by atoms with van der Waals surface area (Å²) in [7, 11) is 0. The second-order valence-electron chi connectivity index (χ2n) is 28.2. The van der Waals surface area contributed by atoms with Crippen LogP contribution in [0.3, 0.4) is 0 Å². The molecule has 0 heterocycles. The smallest absolute Gasteiger partial charge is 0.306 e. The summed E-state index contributed by atoms with van der Waals surface area (Å²) in [6.07, 6.45) is 126. The zero-order valence-corrected chi connectivity index (χ0v) is 63.9. The molecule has 1 atom stereocenters. The van der Waals surface area contributed by atoms with E-state index in [2.05, 4.69) is 135 Å². The van der Waals surface area contributed by atoms with Crippen LogP contribution < -0.4 is 0 Å². The Morgan fingerprint density at radius 3 is 0.677 bits per heavy atom. The molecule has 0 aromatic heterocycles. The Labute approximate surface area is 598 Å². The van der Waals surface area contributed by atoms with Gasteiger partial charge >= 0.3 is 11.9 Å². The normalized spacial score (nSPS) is 12.8. The zero-order chi connectivity index (χ0) is 69.0. The fraction of sp³-hybridized carbons (Fsp3) is 0.758. The molecule has 0 bridgehead atoms. The predicted molar refractivity (Wildman–Crippen MR) is 426 cm³/mol. The number of carbonyl (C=O) groups is 2. The van der Waals surface area contributed by atoms with Crippen LogP contribution in [0.1, 0.15) is 425 Å². The maximum atomic E-state index is 12.4. The Kier molecular flexibility index (Phi) is 82.2. The zero-order valence-electron chi connectivity index (χ0n) is 63.9. The first kappa shape index (κ1) is 92.3. The summed E-state index contributed by atoms with van der Waals surface area (Å²) in [6.45, 7) is 4.06. The lowest BCUT2D eigenvalue weighted by molar-refractivity contribution is -0.161. The van der Waals surface area contributed by atoms with E-state index in [0.717, 1.165) is 96.3 Å². The van der Waals surface area contributed by atoms with Gasteiger partial charge in [0.1, 0.15) is 6.61 Å². The first-order chi connectivity index (χ1) is 47.6. The minimum Gasteiger partial charge on any atom is -0.462 e. The Morgan fingerprint density at radius 1 is 0.250 bits per heavy atom. The van der Waals surface area contributed by atoms with E-state index in [0.29, 0.717) is 12.8 Å². The van der Waals surface area contributed by atoms with Crippen LogP contribution in [0.25, 0.3) is 0 Å². The minimum absolute atomic E-state index is 0.0643. The average molecular weight is 1330 g/mol. The standard InChI is InChI=1S/C91H160O5/c1-3-5-7-9-11-13-15-17-19-21-23-25-27-29-31-33-35-37-39-41-43-45-47-49-51-53-55-57-59-61-63-65-67-69-71-73-75-77-79-81-83-85-90(93)95-88-89(87-92)96-91(94)86-84-82-80-78-76-74-72-70-68-66-64-62-60-58-56-54-52-50-48-46-44-42-40-38-36-34-32-30-28-26-24-22-20-18-16-14-12-10-8-6-4-2/h6,8,12,14-15,17-18,20-21,23-24,26,30,32,36,38,42,44,48,50,89,92H,3-5,7,9-11,13,16,19,22,25,27-29,31,33-35,37,39-41,43,45-47,49,51-88H2,1-2H3/b8-6-,14-12-,17-15-,20-18-,23-21-,26-24-,32-30-,38-36-,44-42-,50-48-. The van der Waals surface area contributed by atoms with Gasteiger partial charge in [0.15, 0.2) is 6.10 Å². The summed E-state index contributed by atoms with van der Waals surface area (Å²) in [4.78, 5) is 24.8. The summed E-state index contributed by atoms with van der Waals surface area (Å²) in [5.74, 6) is -0.573. The molecular weight excluding hydrogens is 1170 g/mol. The monoisotopic (exact) mass is 1330 g/mol. The van der Waals surface area contributed by atoms with Gasteiger partial charge in [-0.15, -0.1) is 0 Å². The highest BCUT2D eigenvalue weighted by Crippen LogP contribution is 2.20. The van der Waals surface area contributed by atoms with E-state index in [1.54, 1.807) is 0 Å². The fourth-order valence-electron chi connectivity index (χ4n) is 12.5. The maximum absolute atomic E-state index is 12.4. The number of aliphatic hydroxyl groups excluding tert-OH is 1. The molecule has 0 saturated carbocycles. The van der Waals surface area contributed by atoms with Crippen molar-refractivity contribution >= 4 is 11.9 Å². The van der Waals surface area contributed by atoms with Gasteiger partial charge in [-0.25, -0.2) is 0 Å². The van der Waals surface area contributed by atoms with Gasteiger partial charge in [-0.05, 0) is 109 Å². The summed E-state index contributed by atoms with van der Waals surface area (Å²) in [5.41, 5.74) is 0. The number of carbonyl (C=O) groups excluding carboxylic acids is 2. The van der Waals surface area contributed by atoms with Gasteiger partial charge in [0.25, 0.3) is 0 Å². The summed E-state index contributed by atoms with van der Waals surface area (Å²) >= 11 is 0. The number of ether oxygens (including phenoxy) is 2. The molecule has 554 valence electrons. The number of unbranched alkanes of at least 4 members (excludes halogenated alkanes) is 50. The third-order valence-corrected chi connectivity index (χ3v) is 18.7. The molecule has 0 fully saturated rings. The summed E-state index contributed by atoms with van der Waals surface area (Å²) in [6, 6.07) is 0. The maximum Gasteiger partial charge on any atom is 0.306 e. The van der Waals surface area contributed by atoms with E-state index in [1.165, 1.54) is 302 Å². The number of rotatable bonds is 78. The molecule has 0 aliphatic rings. The quantitative estimate of drug-likeness (QED) is 0.0373. The van der Waals surface area contributed by atoms with Gasteiger partial charge in [-0.3, -0.25) is 9.59 Å². The van der Waals surface area contributed by atoms with E-state index in [-0.39, 0.29) is 25.2 Å². The van der Waals surface area contributed by atoms with Gasteiger partial charge in [0.2, 0.25) is 0 Å². The van der Waals surface area contributed by atoms with E-state index >= 15 is 0 Å².